The average molecular weight is 271 g/mol. The lowest BCUT2D eigenvalue weighted by atomic mass is 10.1. The van der Waals surface area contributed by atoms with Crippen molar-refractivity contribution >= 4 is 18.3 Å². The molecule has 0 unspecified atom stereocenters. The van der Waals surface area contributed by atoms with Crippen LogP contribution < -0.4 is 11.1 Å². The van der Waals surface area contributed by atoms with E-state index in [0.29, 0.717) is 35.7 Å². The Morgan fingerprint density at radius 2 is 2.00 bits per heavy atom. The number of nitrogens with one attached hydrogen (secondary N) is 1. The molecule has 0 aromatic carbocycles. The van der Waals surface area contributed by atoms with E-state index in [4.69, 9.17) is 10.2 Å². The lowest BCUT2D eigenvalue weighted by molar-refractivity contribution is 0.0925. The number of furan rings is 1. The molecule has 2 fully saturated rings. The summed E-state index contributed by atoms with van der Waals surface area (Å²) < 4.78 is 5.18. The highest BCUT2D eigenvalue weighted by Gasteiger charge is 2.42. The van der Waals surface area contributed by atoms with Crippen LogP contribution in [0.5, 0.6) is 0 Å². The first-order chi connectivity index (χ1) is 8.28. The van der Waals surface area contributed by atoms with Crippen LogP contribution >= 0.6 is 12.4 Å². The topological polar surface area (TPSA) is 68.3 Å². The summed E-state index contributed by atoms with van der Waals surface area (Å²) in [5.41, 5.74) is 6.05. The summed E-state index contributed by atoms with van der Waals surface area (Å²) in [7, 11) is 0. The van der Waals surface area contributed by atoms with Gasteiger partial charge in [-0.15, -0.1) is 12.4 Å². The normalized spacial score (nSPS) is 18.6. The van der Waals surface area contributed by atoms with Crippen LogP contribution in [0.1, 0.15) is 41.8 Å². The van der Waals surface area contributed by atoms with E-state index < -0.39 is 0 Å². The number of hydrogen-bond acceptors (Lipinski definition) is 3. The van der Waals surface area contributed by atoms with Gasteiger partial charge in [-0.25, -0.2) is 0 Å². The van der Waals surface area contributed by atoms with Crippen LogP contribution in [0.15, 0.2) is 16.7 Å². The fraction of sp³-hybridized carbons (Fsp3) is 0.615. The van der Waals surface area contributed by atoms with Gasteiger partial charge in [0.15, 0.2) is 0 Å². The van der Waals surface area contributed by atoms with Crippen molar-refractivity contribution in [2.75, 3.05) is 0 Å². The van der Waals surface area contributed by atoms with Crippen molar-refractivity contribution in [1.29, 1.82) is 0 Å². The second-order valence-corrected chi connectivity index (χ2v) is 5.18. The van der Waals surface area contributed by atoms with Crippen LogP contribution in [0.25, 0.3) is 0 Å². The molecule has 2 aliphatic rings. The maximum Gasteiger partial charge on any atom is 0.254 e. The standard InChI is InChI=1S/C13H18N2O2.ClH/c14-6-11-5-10(7-17-11)13(16)15-12(8-1-2-8)9-3-4-9;/h5,7-9,12H,1-4,6,14H2,(H,15,16);1H. The molecule has 5 heteroatoms. The molecule has 1 amide bonds. The van der Waals surface area contributed by atoms with Gasteiger partial charge in [-0.3, -0.25) is 4.79 Å². The lowest BCUT2D eigenvalue weighted by Crippen LogP contribution is -2.37. The molecule has 1 aromatic heterocycles. The second-order valence-electron chi connectivity index (χ2n) is 5.18. The van der Waals surface area contributed by atoms with Gasteiger partial charge < -0.3 is 15.5 Å². The monoisotopic (exact) mass is 270 g/mol. The molecule has 0 saturated heterocycles. The minimum Gasteiger partial charge on any atom is -0.467 e. The van der Waals surface area contributed by atoms with E-state index in [2.05, 4.69) is 5.32 Å². The Balaban J connectivity index is 0.00000120. The molecule has 0 aliphatic heterocycles. The Hall–Kier alpha value is -1.00. The fourth-order valence-electron chi connectivity index (χ4n) is 2.37. The number of amides is 1. The van der Waals surface area contributed by atoms with E-state index >= 15 is 0 Å². The summed E-state index contributed by atoms with van der Waals surface area (Å²) in [5, 5.41) is 3.15. The first kappa shape index (κ1) is 13.4. The van der Waals surface area contributed by atoms with E-state index in [1.165, 1.54) is 31.9 Å². The first-order valence-corrected chi connectivity index (χ1v) is 6.36. The minimum atomic E-state index is -0.0164. The number of carbonyl (C=O) groups is 1. The molecular weight excluding hydrogens is 252 g/mol. The molecule has 0 atom stereocenters. The van der Waals surface area contributed by atoms with Crippen molar-refractivity contribution in [3.8, 4) is 0 Å². The Bertz CT molecular complexity index is 412. The Kier molecular flexibility index (Phi) is 3.97. The molecule has 100 valence electrons. The maximum atomic E-state index is 12.0. The van der Waals surface area contributed by atoms with Crippen molar-refractivity contribution in [2.45, 2.75) is 38.3 Å². The predicted octanol–water partition coefficient (Wildman–Crippen LogP) is 2.08. The smallest absolute Gasteiger partial charge is 0.254 e. The molecule has 2 aliphatic carbocycles. The molecule has 1 aromatic rings. The molecule has 0 spiro atoms. The van der Waals surface area contributed by atoms with E-state index in [1.54, 1.807) is 6.07 Å². The summed E-state index contributed by atoms with van der Waals surface area (Å²) >= 11 is 0. The Morgan fingerprint density at radius 1 is 1.39 bits per heavy atom. The van der Waals surface area contributed by atoms with Gasteiger partial charge in [0.25, 0.3) is 5.91 Å². The molecule has 2 saturated carbocycles. The highest BCUT2D eigenvalue weighted by Crippen LogP contribution is 2.44. The van der Waals surface area contributed by atoms with Crippen LogP contribution in [0.2, 0.25) is 0 Å². The van der Waals surface area contributed by atoms with Crippen molar-refractivity contribution in [2.24, 2.45) is 17.6 Å². The highest BCUT2D eigenvalue weighted by molar-refractivity contribution is 5.94. The zero-order valence-corrected chi connectivity index (χ0v) is 11.0. The molecule has 3 rings (SSSR count). The van der Waals surface area contributed by atoms with E-state index in [-0.39, 0.29) is 18.3 Å². The van der Waals surface area contributed by atoms with Crippen molar-refractivity contribution in [1.82, 2.24) is 5.32 Å². The summed E-state index contributed by atoms with van der Waals surface area (Å²) in [6.07, 6.45) is 6.55. The van der Waals surface area contributed by atoms with E-state index in [9.17, 15) is 4.79 Å². The summed E-state index contributed by atoms with van der Waals surface area (Å²) in [5.74, 6) is 2.07. The molecular formula is C13H19ClN2O2. The van der Waals surface area contributed by atoms with Gasteiger partial charge in [0, 0.05) is 6.04 Å². The van der Waals surface area contributed by atoms with Gasteiger partial charge >= 0.3 is 0 Å². The number of rotatable bonds is 5. The van der Waals surface area contributed by atoms with Gasteiger partial charge in [0.05, 0.1) is 12.1 Å². The maximum absolute atomic E-state index is 12.0. The Morgan fingerprint density at radius 3 is 2.44 bits per heavy atom. The zero-order chi connectivity index (χ0) is 11.8. The number of halogens is 1. The van der Waals surface area contributed by atoms with Crippen molar-refractivity contribution in [3.05, 3.63) is 23.7 Å². The molecule has 18 heavy (non-hydrogen) atoms. The SMILES string of the molecule is Cl.NCc1cc(C(=O)NC(C2CC2)C2CC2)co1. The highest BCUT2D eigenvalue weighted by atomic mass is 35.5. The summed E-state index contributed by atoms with van der Waals surface area (Å²) in [6.45, 7) is 0.335. The minimum absolute atomic E-state index is 0. The van der Waals surface area contributed by atoms with Gasteiger partial charge in [-0.05, 0) is 43.6 Å². The van der Waals surface area contributed by atoms with Crippen molar-refractivity contribution in [3.63, 3.8) is 0 Å². The molecule has 1 heterocycles. The second kappa shape index (κ2) is 5.33. The quantitative estimate of drug-likeness (QED) is 0.861. The van der Waals surface area contributed by atoms with E-state index in [1.807, 2.05) is 0 Å². The van der Waals surface area contributed by atoms with Crippen LogP contribution in [0, 0.1) is 11.8 Å². The largest absolute Gasteiger partial charge is 0.467 e. The molecule has 4 nitrogen and oxygen atoms in total. The molecule has 3 N–H and O–H groups in total. The van der Waals surface area contributed by atoms with Crippen LogP contribution in [-0.2, 0) is 6.54 Å². The fourth-order valence-corrected chi connectivity index (χ4v) is 2.37. The Labute approximate surface area is 113 Å². The van der Waals surface area contributed by atoms with Crippen LogP contribution in [0.4, 0.5) is 0 Å². The number of hydrogen-bond donors (Lipinski definition) is 2. The van der Waals surface area contributed by atoms with E-state index in [0.717, 1.165) is 0 Å². The predicted molar refractivity (Wildman–Crippen MR) is 70.5 cm³/mol. The molecule has 0 radical (unpaired) electrons. The van der Waals surface area contributed by atoms with Crippen molar-refractivity contribution < 1.29 is 9.21 Å². The van der Waals surface area contributed by atoms with Crippen LogP contribution in [-0.4, -0.2) is 11.9 Å². The van der Waals surface area contributed by atoms with Gasteiger partial charge in [-0.2, -0.15) is 0 Å². The molecule has 0 bridgehead atoms. The third-order valence-electron chi connectivity index (χ3n) is 3.67. The lowest BCUT2D eigenvalue weighted by Gasteiger charge is -2.16. The zero-order valence-electron chi connectivity index (χ0n) is 10.2. The van der Waals surface area contributed by atoms with Gasteiger partial charge in [0.1, 0.15) is 12.0 Å². The average Bonchev–Trinajstić information content (AvgIpc) is 3.24. The summed E-state index contributed by atoms with van der Waals surface area (Å²) in [4.78, 5) is 12.0. The van der Waals surface area contributed by atoms with Gasteiger partial charge in [-0.1, -0.05) is 0 Å². The van der Waals surface area contributed by atoms with Crippen LogP contribution in [0.3, 0.4) is 0 Å². The summed E-state index contributed by atoms with van der Waals surface area (Å²) in [6, 6.07) is 2.12. The third kappa shape index (κ3) is 2.87. The van der Waals surface area contributed by atoms with Gasteiger partial charge in [0.2, 0.25) is 0 Å². The first-order valence-electron chi connectivity index (χ1n) is 6.36. The number of carbonyl (C=O) groups excluding carboxylic acids is 1. The third-order valence-corrected chi connectivity index (χ3v) is 3.67. The number of nitrogens with two attached hydrogens (primary N) is 1.